The largest absolute Gasteiger partial charge is 0.480 e. The first-order valence-electron chi connectivity index (χ1n) is 5.59. The Morgan fingerprint density at radius 2 is 2.37 bits per heavy atom. The molecule has 9 heteroatoms. The lowest BCUT2D eigenvalue weighted by molar-refractivity contribution is -0.152. The molecule has 104 valence electrons. The maximum atomic E-state index is 11.6. The number of amides is 2. The van der Waals surface area contributed by atoms with E-state index in [2.05, 4.69) is 10.5 Å². The standard InChI is InChI=1S/C10H14N4O4S/c1-5(15)13-12-2-10(9(17)18)3-14-7(16)6(11)8(14)19-4-10/h2,6,8H,3-4,11H2,1H3,(H,13,15)(H,17,18)/t6?,8-,10?/m1/s1. The van der Waals surface area contributed by atoms with E-state index >= 15 is 0 Å². The molecule has 8 nitrogen and oxygen atoms in total. The SMILES string of the molecule is CC(=O)NN=CC1(C(=O)O)CS[C@@H]2C(N)C(=O)N2C1. The van der Waals surface area contributed by atoms with Gasteiger partial charge in [0.1, 0.15) is 16.8 Å². The predicted molar refractivity (Wildman–Crippen MR) is 68.3 cm³/mol. The van der Waals surface area contributed by atoms with Crippen LogP contribution in [-0.4, -0.2) is 57.7 Å². The average Bonchev–Trinajstić information content (AvgIpc) is 2.37. The Morgan fingerprint density at radius 3 is 2.95 bits per heavy atom. The molecule has 19 heavy (non-hydrogen) atoms. The molecule has 0 bridgehead atoms. The van der Waals surface area contributed by atoms with Gasteiger partial charge in [-0.25, -0.2) is 5.43 Å². The van der Waals surface area contributed by atoms with Gasteiger partial charge < -0.3 is 15.7 Å². The highest BCUT2D eigenvalue weighted by atomic mass is 32.2. The van der Waals surface area contributed by atoms with E-state index in [1.807, 2.05) is 0 Å². The van der Waals surface area contributed by atoms with E-state index in [0.717, 1.165) is 0 Å². The lowest BCUT2D eigenvalue weighted by atomic mass is 9.88. The number of hydrazone groups is 1. The topological polar surface area (TPSA) is 125 Å². The zero-order valence-corrected chi connectivity index (χ0v) is 11.0. The molecule has 4 N–H and O–H groups in total. The molecule has 3 atom stereocenters. The van der Waals surface area contributed by atoms with Crippen LogP contribution in [0.5, 0.6) is 0 Å². The number of carbonyl (C=O) groups is 3. The Kier molecular flexibility index (Phi) is 3.50. The summed E-state index contributed by atoms with van der Waals surface area (Å²) < 4.78 is 0. The van der Waals surface area contributed by atoms with Gasteiger partial charge in [-0.2, -0.15) is 5.10 Å². The molecule has 0 aromatic carbocycles. The normalized spacial score (nSPS) is 33.8. The molecule has 0 aromatic heterocycles. The summed E-state index contributed by atoms with van der Waals surface area (Å²) in [5.74, 6) is -1.47. The van der Waals surface area contributed by atoms with Gasteiger partial charge >= 0.3 is 5.97 Å². The van der Waals surface area contributed by atoms with Crippen LogP contribution in [-0.2, 0) is 14.4 Å². The van der Waals surface area contributed by atoms with Crippen molar-refractivity contribution in [2.45, 2.75) is 18.3 Å². The van der Waals surface area contributed by atoms with Crippen molar-refractivity contribution in [2.24, 2.45) is 16.3 Å². The number of hydrogen-bond donors (Lipinski definition) is 3. The Morgan fingerprint density at radius 1 is 1.68 bits per heavy atom. The van der Waals surface area contributed by atoms with Crippen LogP contribution in [0.4, 0.5) is 0 Å². The van der Waals surface area contributed by atoms with Gasteiger partial charge in [0.25, 0.3) is 0 Å². The Bertz CT molecular complexity index is 468. The molecular formula is C10H14N4O4S. The number of rotatable bonds is 3. The number of nitrogens with one attached hydrogen (secondary N) is 1. The number of carboxylic acid groups (broad SMARTS) is 1. The maximum Gasteiger partial charge on any atom is 0.317 e. The first kappa shape index (κ1) is 13.8. The number of thioether (sulfide) groups is 1. The second kappa shape index (κ2) is 4.82. The Balaban J connectivity index is 2.14. The molecule has 0 spiro atoms. The van der Waals surface area contributed by atoms with Gasteiger partial charge in [0.2, 0.25) is 11.8 Å². The van der Waals surface area contributed by atoms with Gasteiger partial charge in [-0.15, -0.1) is 11.8 Å². The molecule has 0 aliphatic carbocycles. The maximum absolute atomic E-state index is 11.6. The summed E-state index contributed by atoms with van der Waals surface area (Å²) in [6, 6.07) is -0.552. The number of hydrogen-bond acceptors (Lipinski definition) is 6. The fraction of sp³-hybridized carbons (Fsp3) is 0.600. The summed E-state index contributed by atoms with van der Waals surface area (Å²) >= 11 is 1.31. The van der Waals surface area contributed by atoms with Crippen LogP contribution in [0.25, 0.3) is 0 Å². The monoisotopic (exact) mass is 286 g/mol. The molecule has 2 saturated heterocycles. The second-order valence-corrected chi connectivity index (χ2v) is 5.69. The van der Waals surface area contributed by atoms with Crippen LogP contribution in [0.3, 0.4) is 0 Å². The van der Waals surface area contributed by atoms with Gasteiger partial charge in [-0.1, -0.05) is 0 Å². The first-order chi connectivity index (χ1) is 8.87. The molecule has 0 saturated carbocycles. The number of aliphatic carboxylic acids is 1. The van der Waals surface area contributed by atoms with E-state index in [-0.39, 0.29) is 29.5 Å². The number of nitrogens with zero attached hydrogens (tertiary/aromatic N) is 2. The molecule has 2 unspecified atom stereocenters. The van der Waals surface area contributed by atoms with Crippen LogP contribution in [0, 0.1) is 5.41 Å². The molecule has 0 radical (unpaired) electrons. The third-order valence-electron chi connectivity index (χ3n) is 3.11. The van der Waals surface area contributed by atoms with Gasteiger partial charge in [-0.3, -0.25) is 14.4 Å². The van der Waals surface area contributed by atoms with Crippen molar-refractivity contribution >= 4 is 35.8 Å². The number of carboxylic acids is 1. The third-order valence-corrected chi connectivity index (χ3v) is 4.68. The van der Waals surface area contributed by atoms with Gasteiger partial charge in [0, 0.05) is 25.4 Å². The predicted octanol–water partition coefficient (Wildman–Crippen LogP) is -1.58. The van der Waals surface area contributed by atoms with E-state index in [1.54, 1.807) is 0 Å². The minimum absolute atomic E-state index is 0.0234. The Labute approximate surface area is 113 Å². The van der Waals surface area contributed by atoms with Crippen molar-refractivity contribution in [3.63, 3.8) is 0 Å². The van der Waals surface area contributed by atoms with E-state index < -0.39 is 17.4 Å². The van der Waals surface area contributed by atoms with Gasteiger partial charge in [0.05, 0.1) is 0 Å². The van der Waals surface area contributed by atoms with Crippen LogP contribution in [0.15, 0.2) is 5.10 Å². The highest BCUT2D eigenvalue weighted by Gasteiger charge is 2.55. The van der Waals surface area contributed by atoms with Crippen molar-refractivity contribution in [3.05, 3.63) is 0 Å². The molecule has 2 aliphatic heterocycles. The summed E-state index contributed by atoms with van der Waals surface area (Å²) in [6.07, 6.45) is 1.18. The fourth-order valence-electron chi connectivity index (χ4n) is 2.01. The van der Waals surface area contributed by atoms with Crippen molar-refractivity contribution in [3.8, 4) is 0 Å². The molecule has 2 fully saturated rings. The highest BCUT2D eigenvalue weighted by Crippen LogP contribution is 2.40. The summed E-state index contributed by atoms with van der Waals surface area (Å²) in [5.41, 5.74) is 6.51. The van der Waals surface area contributed by atoms with Crippen molar-refractivity contribution in [1.29, 1.82) is 0 Å². The molecule has 2 aliphatic rings. The summed E-state index contributed by atoms with van der Waals surface area (Å²) in [7, 11) is 0. The van der Waals surface area contributed by atoms with Crippen molar-refractivity contribution < 1.29 is 19.5 Å². The zero-order valence-electron chi connectivity index (χ0n) is 10.2. The van der Waals surface area contributed by atoms with E-state index in [0.29, 0.717) is 0 Å². The average molecular weight is 286 g/mol. The fourth-order valence-corrected chi connectivity index (χ4v) is 3.44. The van der Waals surface area contributed by atoms with Crippen LogP contribution < -0.4 is 11.2 Å². The van der Waals surface area contributed by atoms with E-state index in [1.165, 1.54) is 29.8 Å². The number of β-lactam (4-membered cyclic amide) rings is 1. The van der Waals surface area contributed by atoms with E-state index in [9.17, 15) is 19.5 Å². The molecule has 2 heterocycles. The zero-order chi connectivity index (χ0) is 14.2. The highest BCUT2D eigenvalue weighted by molar-refractivity contribution is 8.00. The van der Waals surface area contributed by atoms with Gasteiger partial charge in [0.15, 0.2) is 0 Å². The van der Waals surface area contributed by atoms with Crippen molar-refractivity contribution in [2.75, 3.05) is 12.3 Å². The first-order valence-corrected chi connectivity index (χ1v) is 6.64. The minimum Gasteiger partial charge on any atom is -0.480 e. The van der Waals surface area contributed by atoms with Crippen LogP contribution >= 0.6 is 11.8 Å². The number of fused-ring (bicyclic) bond motifs is 1. The van der Waals surface area contributed by atoms with Crippen molar-refractivity contribution in [1.82, 2.24) is 10.3 Å². The number of carbonyl (C=O) groups excluding carboxylic acids is 2. The second-order valence-electron chi connectivity index (χ2n) is 4.58. The molecule has 0 aromatic rings. The van der Waals surface area contributed by atoms with Gasteiger partial charge in [-0.05, 0) is 0 Å². The summed E-state index contributed by atoms with van der Waals surface area (Å²) in [4.78, 5) is 35.2. The number of nitrogens with two attached hydrogens (primary N) is 1. The smallest absolute Gasteiger partial charge is 0.317 e. The summed E-state index contributed by atoms with van der Waals surface area (Å²) in [6.45, 7) is 1.30. The summed E-state index contributed by atoms with van der Waals surface area (Å²) in [5, 5.41) is 12.8. The molecule has 2 rings (SSSR count). The molecular weight excluding hydrogens is 272 g/mol. The quantitative estimate of drug-likeness (QED) is 0.327. The molecule has 2 amide bonds. The lowest BCUT2D eigenvalue weighted by Gasteiger charge is -2.51. The van der Waals surface area contributed by atoms with E-state index in [4.69, 9.17) is 5.73 Å². The van der Waals surface area contributed by atoms with Crippen LogP contribution in [0.1, 0.15) is 6.92 Å². The Hall–Kier alpha value is -1.61. The third kappa shape index (κ3) is 2.30. The minimum atomic E-state index is -1.29. The van der Waals surface area contributed by atoms with Crippen LogP contribution in [0.2, 0.25) is 0 Å². The lowest BCUT2D eigenvalue weighted by Crippen LogP contribution is -2.72.